The molecular weight excluding hydrogens is 210 g/mol. The van der Waals surface area contributed by atoms with Crippen molar-refractivity contribution in [3.8, 4) is 0 Å². The third-order valence-corrected chi connectivity index (χ3v) is 2.73. The minimum absolute atomic E-state index is 0.167. The lowest BCUT2D eigenvalue weighted by molar-refractivity contribution is 0.190. The Bertz CT molecular complexity index is 291. The van der Waals surface area contributed by atoms with Crippen molar-refractivity contribution < 1.29 is 4.74 Å². The molecule has 1 atom stereocenters. The fourth-order valence-electron chi connectivity index (χ4n) is 1.54. The first-order valence-corrected chi connectivity index (χ1v) is 5.59. The van der Waals surface area contributed by atoms with Gasteiger partial charge in [0.15, 0.2) is 0 Å². The first kappa shape index (κ1) is 12.5. The van der Waals surface area contributed by atoms with E-state index in [4.69, 9.17) is 22.1 Å². The van der Waals surface area contributed by atoms with Crippen molar-refractivity contribution in [3.63, 3.8) is 0 Å². The molecule has 0 aliphatic carbocycles. The second-order valence-electron chi connectivity index (χ2n) is 3.69. The van der Waals surface area contributed by atoms with E-state index in [-0.39, 0.29) is 6.04 Å². The van der Waals surface area contributed by atoms with Gasteiger partial charge in [-0.2, -0.15) is 0 Å². The molecule has 0 aromatic heterocycles. The van der Waals surface area contributed by atoms with Crippen molar-refractivity contribution in [2.45, 2.75) is 25.3 Å². The SMILES string of the molecule is COCCCC(N)Cc1ccccc1Cl. The van der Waals surface area contributed by atoms with Crippen LogP contribution in [0.15, 0.2) is 24.3 Å². The van der Waals surface area contributed by atoms with Crippen molar-refractivity contribution >= 4 is 11.6 Å². The molecule has 0 saturated heterocycles. The Balaban J connectivity index is 2.37. The highest BCUT2D eigenvalue weighted by Gasteiger charge is 2.06. The Morgan fingerprint density at radius 3 is 2.80 bits per heavy atom. The Morgan fingerprint density at radius 2 is 2.13 bits per heavy atom. The Kier molecular flexibility index (Phi) is 5.69. The van der Waals surface area contributed by atoms with Crippen molar-refractivity contribution in [2.24, 2.45) is 5.73 Å². The van der Waals surface area contributed by atoms with Gasteiger partial charge in [0.05, 0.1) is 0 Å². The molecule has 1 aromatic carbocycles. The number of nitrogens with two attached hydrogens (primary N) is 1. The normalized spacial score (nSPS) is 12.7. The maximum Gasteiger partial charge on any atom is 0.0462 e. The van der Waals surface area contributed by atoms with Crippen LogP contribution in [0.5, 0.6) is 0 Å². The van der Waals surface area contributed by atoms with Gasteiger partial charge in [0.25, 0.3) is 0 Å². The smallest absolute Gasteiger partial charge is 0.0462 e. The molecule has 0 saturated carbocycles. The van der Waals surface area contributed by atoms with Crippen LogP contribution in [0.1, 0.15) is 18.4 Å². The van der Waals surface area contributed by atoms with Crippen LogP contribution >= 0.6 is 11.6 Å². The summed E-state index contributed by atoms with van der Waals surface area (Å²) in [5, 5.41) is 0.805. The zero-order valence-corrected chi connectivity index (χ0v) is 9.83. The molecule has 1 rings (SSSR count). The van der Waals surface area contributed by atoms with E-state index in [1.807, 2.05) is 24.3 Å². The predicted octanol–water partition coefficient (Wildman–Crippen LogP) is 2.64. The summed E-state index contributed by atoms with van der Waals surface area (Å²) in [6.45, 7) is 0.774. The quantitative estimate of drug-likeness (QED) is 0.759. The average Bonchev–Trinajstić information content (AvgIpc) is 2.22. The highest BCUT2D eigenvalue weighted by molar-refractivity contribution is 6.31. The van der Waals surface area contributed by atoms with E-state index < -0.39 is 0 Å². The number of hydrogen-bond acceptors (Lipinski definition) is 2. The number of benzene rings is 1. The molecule has 0 aliphatic rings. The summed E-state index contributed by atoms with van der Waals surface area (Å²) in [6.07, 6.45) is 2.81. The Morgan fingerprint density at radius 1 is 1.40 bits per heavy atom. The molecule has 3 heteroatoms. The highest BCUT2D eigenvalue weighted by atomic mass is 35.5. The molecule has 0 bridgehead atoms. The third-order valence-electron chi connectivity index (χ3n) is 2.36. The average molecular weight is 228 g/mol. The Hall–Kier alpha value is -0.570. The van der Waals surface area contributed by atoms with E-state index in [0.29, 0.717) is 0 Å². The molecule has 15 heavy (non-hydrogen) atoms. The van der Waals surface area contributed by atoms with Crippen LogP contribution in [0.4, 0.5) is 0 Å². The van der Waals surface area contributed by atoms with E-state index >= 15 is 0 Å². The molecule has 0 aliphatic heterocycles. The van der Waals surface area contributed by atoms with Crippen LogP contribution in [0.25, 0.3) is 0 Å². The maximum absolute atomic E-state index is 6.05. The molecule has 84 valence electrons. The van der Waals surface area contributed by atoms with Gasteiger partial charge in [0.2, 0.25) is 0 Å². The second kappa shape index (κ2) is 6.83. The number of rotatable bonds is 6. The summed E-state index contributed by atoms with van der Waals surface area (Å²) < 4.78 is 4.98. The number of halogens is 1. The van der Waals surface area contributed by atoms with Crippen molar-refractivity contribution in [2.75, 3.05) is 13.7 Å². The van der Waals surface area contributed by atoms with Crippen LogP contribution < -0.4 is 5.73 Å². The molecule has 0 fully saturated rings. The minimum Gasteiger partial charge on any atom is -0.385 e. The van der Waals surface area contributed by atoms with Crippen molar-refractivity contribution in [3.05, 3.63) is 34.9 Å². The van der Waals surface area contributed by atoms with Gasteiger partial charge in [-0.3, -0.25) is 0 Å². The monoisotopic (exact) mass is 227 g/mol. The third kappa shape index (κ3) is 4.65. The summed E-state index contributed by atoms with van der Waals surface area (Å²) in [4.78, 5) is 0. The molecule has 2 N–H and O–H groups in total. The van der Waals surface area contributed by atoms with Crippen molar-refractivity contribution in [1.29, 1.82) is 0 Å². The van der Waals surface area contributed by atoms with E-state index in [9.17, 15) is 0 Å². The standard InChI is InChI=1S/C12H18ClNO/c1-15-8-4-6-11(14)9-10-5-2-3-7-12(10)13/h2-3,5,7,11H,4,6,8-9,14H2,1H3. The summed E-state index contributed by atoms with van der Waals surface area (Å²) in [6, 6.07) is 8.02. The van der Waals surface area contributed by atoms with E-state index in [0.717, 1.165) is 36.5 Å². The first-order valence-electron chi connectivity index (χ1n) is 5.22. The minimum atomic E-state index is 0.167. The molecule has 2 nitrogen and oxygen atoms in total. The topological polar surface area (TPSA) is 35.2 Å². The van der Waals surface area contributed by atoms with E-state index in [1.54, 1.807) is 7.11 Å². The molecule has 1 aromatic rings. The summed E-state index contributed by atoms with van der Waals surface area (Å²) >= 11 is 6.05. The zero-order valence-electron chi connectivity index (χ0n) is 9.08. The number of hydrogen-bond donors (Lipinski definition) is 1. The maximum atomic E-state index is 6.05. The van der Waals surface area contributed by atoms with Gasteiger partial charge in [-0.15, -0.1) is 0 Å². The summed E-state index contributed by atoms with van der Waals surface area (Å²) in [5.74, 6) is 0. The lowest BCUT2D eigenvalue weighted by atomic mass is 10.0. The van der Waals surface area contributed by atoms with Gasteiger partial charge in [0.1, 0.15) is 0 Å². The van der Waals surface area contributed by atoms with Gasteiger partial charge in [0, 0.05) is 24.8 Å². The molecule has 0 radical (unpaired) electrons. The Labute approximate surface area is 96.4 Å². The van der Waals surface area contributed by atoms with Crippen LogP contribution in [0, 0.1) is 0 Å². The molecule has 0 spiro atoms. The fourth-order valence-corrected chi connectivity index (χ4v) is 1.75. The fraction of sp³-hybridized carbons (Fsp3) is 0.500. The molecule has 1 unspecified atom stereocenters. The van der Waals surface area contributed by atoms with Gasteiger partial charge in [-0.1, -0.05) is 29.8 Å². The van der Waals surface area contributed by atoms with Crippen LogP contribution in [-0.2, 0) is 11.2 Å². The number of ether oxygens (including phenoxy) is 1. The highest BCUT2D eigenvalue weighted by Crippen LogP contribution is 2.17. The molecule has 0 heterocycles. The van der Waals surface area contributed by atoms with Gasteiger partial charge in [-0.25, -0.2) is 0 Å². The van der Waals surface area contributed by atoms with Crippen LogP contribution in [0.2, 0.25) is 5.02 Å². The lowest BCUT2D eigenvalue weighted by Gasteiger charge is -2.12. The zero-order chi connectivity index (χ0) is 11.1. The summed E-state index contributed by atoms with van der Waals surface area (Å²) in [5.41, 5.74) is 7.13. The van der Waals surface area contributed by atoms with Gasteiger partial charge >= 0.3 is 0 Å². The first-order chi connectivity index (χ1) is 7.24. The van der Waals surface area contributed by atoms with Crippen LogP contribution in [-0.4, -0.2) is 19.8 Å². The predicted molar refractivity (Wildman–Crippen MR) is 64.2 cm³/mol. The van der Waals surface area contributed by atoms with Gasteiger partial charge in [-0.05, 0) is 30.9 Å². The second-order valence-corrected chi connectivity index (χ2v) is 4.10. The molecule has 0 amide bonds. The summed E-state index contributed by atoms with van der Waals surface area (Å²) in [7, 11) is 1.71. The van der Waals surface area contributed by atoms with Crippen molar-refractivity contribution in [1.82, 2.24) is 0 Å². The van der Waals surface area contributed by atoms with Crippen LogP contribution in [0.3, 0.4) is 0 Å². The van der Waals surface area contributed by atoms with Gasteiger partial charge < -0.3 is 10.5 Å². The van der Waals surface area contributed by atoms with E-state index in [1.165, 1.54) is 0 Å². The van der Waals surface area contributed by atoms with E-state index in [2.05, 4.69) is 0 Å². The molecular formula is C12H18ClNO. The largest absolute Gasteiger partial charge is 0.385 e. The lowest BCUT2D eigenvalue weighted by Crippen LogP contribution is -2.23. The number of methoxy groups -OCH3 is 1.